The fourth-order valence-electron chi connectivity index (χ4n) is 2.49. The van der Waals surface area contributed by atoms with Crippen LogP contribution in [0.1, 0.15) is 0 Å². The average Bonchev–Trinajstić information content (AvgIpc) is 2.39. The van der Waals surface area contributed by atoms with E-state index in [1.807, 2.05) is 14.7 Å². The molecule has 0 spiro atoms. The Kier molecular flexibility index (Phi) is 4.60. The van der Waals surface area contributed by atoms with E-state index in [1.54, 1.807) is 0 Å². The number of aliphatic carboxylic acids is 1. The van der Waals surface area contributed by atoms with Gasteiger partial charge in [0.2, 0.25) is 0 Å². The molecule has 108 valence electrons. The van der Waals surface area contributed by atoms with Gasteiger partial charge in [-0.15, -0.1) is 0 Å². The van der Waals surface area contributed by atoms with Crippen molar-refractivity contribution in [3.05, 3.63) is 0 Å². The van der Waals surface area contributed by atoms with E-state index in [1.165, 1.54) is 0 Å². The molecule has 0 aliphatic carbocycles. The van der Waals surface area contributed by atoms with Gasteiger partial charge in [-0.25, -0.2) is 4.79 Å². The summed E-state index contributed by atoms with van der Waals surface area (Å²) < 4.78 is 0. The molecule has 19 heavy (non-hydrogen) atoms. The average molecular weight is 270 g/mol. The van der Waals surface area contributed by atoms with Crippen molar-refractivity contribution in [1.82, 2.24) is 19.6 Å². The lowest BCUT2D eigenvalue weighted by molar-refractivity contribution is -0.138. The minimum atomic E-state index is -0.807. The van der Waals surface area contributed by atoms with Crippen LogP contribution in [0.15, 0.2) is 0 Å². The molecule has 0 aromatic rings. The lowest BCUT2D eigenvalue weighted by atomic mass is 10.3. The van der Waals surface area contributed by atoms with Crippen molar-refractivity contribution in [2.24, 2.45) is 0 Å². The largest absolute Gasteiger partial charge is 0.480 e. The van der Waals surface area contributed by atoms with E-state index in [9.17, 15) is 9.59 Å². The van der Waals surface area contributed by atoms with Gasteiger partial charge in [-0.1, -0.05) is 0 Å². The van der Waals surface area contributed by atoms with E-state index in [4.69, 9.17) is 5.11 Å². The lowest BCUT2D eigenvalue weighted by Gasteiger charge is -2.39. The van der Waals surface area contributed by atoms with E-state index in [2.05, 4.69) is 11.9 Å². The van der Waals surface area contributed by atoms with Crippen LogP contribution >= 0.6 is 0 Å². The topological polar surface area (TPSA) is 67.3 Å². The highest BCUT2D eigenvalue weighted by molar-refractivity contribution is 5.75. The van der Waals surface area contributed by atoms with Gasteiger partial charge in [-0.3, -0.25) is 9.69 Å². The van der Waals surface area contributed by atoms with Crippen molar-refractivity contribution in [3.8, 4) is 0 Å². The van der Waals surface area contributed by atoms with Gasteiger partial charge in [0.1, 0.15) is 0 Å². The molecule has 0 atom stereocenters. The Morgan fingerprint density at radius 3 is 1.84 bits per heavy atom. The summed E-state index contributed by atoms with van der Waals surface area (Å²) in [6, 6.07) is 0.100. The molecule has 2 saturated heterocycles. The number of hydrogen-bond donors (Lipinski definition) is 1. The molecule has 7 heteroatoms. The Morgan fingerprint density at radius 1 is 0.895 bits per heavy atom. The zero-order valence-electron chi connectivity index (χ0n) is 11.4. The van der Waals surface area contributed by atoms with Gasteiger partial charge >= 0.3 is 12.0 Å². The molecule has 2 aliphatic heterocycles. The minimum Gasteiger partial charge on any atom is -0.480 e. The van der Waals surface area contributed by atoms with Crippen molar-refractivity contribution < 1.29 is 14.7 Å². The summed E-state index contributed by atoms with van der Waals surface area (Å²) in [6.45, 7) is 6.01. The first-order valence-corrected chi connectivity index (χ1v) is 6.73. The molecule has 0 bridgehead atoms. The van der Waals surface area contributed by atoms with Crippen LogP contribution in [0.4, 0.5) is 4.79 Å². The molecule has 2 fully saturated rings. The number of likely N-dealkylation sites (N-methyl/N-ethyl adjacent to an activating group) is 1. The highest BCUT2D eigenvalue weighted by Crippen LogP contribution is 2.08. The van der Waals surface area contributed by atoms with Crippen LogP contribution in [0.25, 0.3) is 0 Å². The number of carbonyl (C=O) groups excluding carboxylic acids is 1. The molecule has 0 unspecified atom stereocenters. The molecule has 1 N–H and O–H groups in total. The van der Waals surface area contributed by atoms with Gasteiger partial charge in [-0.2, -0.15) is 0 Å². The number of urea groups is 1. The zero-order valence-corrected chi connectivity index (χ0v) is 11.4. The fourth-order valence-corrected chi connectivity index (χ4v) is 2.49. The van der Waals surface area contributed by atoms with E-state index in [0.717, 1.165) is 26.2 Å². The Bertz CT molecular complexity index is 334. The van der Waals surface area contributed by atoms with Gasteiger partial charge in [0, 0.05) is 52.4 Å². The Balaban J connectivity index is 1.77. The predicted molar refractivity (Wildman–Crippen MR) is 70.1 cm³/mol. The van der Waals surface area contributed by atoms with Crippen molar-refractivity contribution >= 4 is 12.0 Å². The second-order valence-corrected chi connectivity index (χ2v) is 5.23. The van der Waals surface area contributed by atoms with Crippen LogP contribution in [0.2, 0.25) is 0 Å². The van der Waals surface area contributed by atoms with Crippen LogP contribution in [-0.4, -0.2) is 103 Å². The summed E-state index contributed by atoms with van der Waals surface area (Å²) in [7, 11) is 2.06. The molecule has 2 rings (SSSR count). The third-order valence-electron chi connectivity index (χ3n) is 3.78. The van der Waals surface area contributed by atoms with Crippen LogP contribution in [0.3, 0.4) is 0 Å². The van der Waals surface area contributed by atoms with Crippen molar-refractivity contribution in [2.75, 3.05) is 66.0 Å². The molecule has 0 aromatic carbocycles. The smallest absolute Gasteiger partial charge is 0.320 e. The number of rotatable bonds is 2. The van der Waals surface area contributed by atoms with Gasteiger partial charge in [0.05, 0.1) is 6.54 Å². The number of hydrogen-bond acceptors (Lipinski definition) is 4. The molecule has 2 heterocycles. The van der Waals surface area contributed by atoms with Gasteiger partial charge in [0.15, 0.2) is 0 Å². The molecular formula is C12H22N4O3. The summed E-state index contributed by atoms with van der Waals surface area (Å²) in [5.41, 5.74) is 0. The highest BCUT2D eigenvalue weighted by atomic mass is 16.4. The first-order valence-electron chi connectivity index (χ1n) is 6.73. The SMILES string of the molecule is CN1CCN(C(=O)N2CCN(CC(=O)O)CC2)CC1. The van der Waals surface area contributed by atoms with E-state index >= 15 is 0 Å². The Hall–Kier alpha value is -1.34. The quantitative estimate of drug-likeness (QED) is 0.701. The van der Waals surface area contributed by atoms with Gasteiger partial charge < -0.3 is 19.8 Å². The Labute approximate surface area is 113 Å². The molecule has 0 radical (unpaired) electrons. The first kappa shape index (κ1) is 14.1. The van der Waals surface area contributed by atoms with Gasteiger partial charge in [0.25, 0.3) is 0 Å². The number of carboxylic acids is 1. The summed E-state index contributed by atoms with van der Waals surface area (Å²) in [4.78, 5) is 30.7. The van der Waals surface area contributed by atoms with E-state index < -0.39 is 5.97 Å². The summed E-state index contributed by atoms with van der Waals surface area (Å²) in [6.07, 6.45) is 0. The number of carboxylic acid groups (broad SMARTS) is 1. The molecular weight excluding hydrogens is 248 g/mol. The normalized spacial score (nSPS) is 22.6. The number of amides is 2. The van der Waals surface area contributed by atoms with E-state index in [0.29, 0.717) is 26.2 Å². The van der Waals surface area contributed by atoms with E-state index in [-0.39, 0.29) is 12.6 Å². The monoisotopic (exact) mass is 270 g/mol. The maximum absolute atomic E-state index is 12.3. The second-order valence-electron chi connectivity index (χ2n) is 5.23. The van der Waals surface area contributed by atoms with Crippen LogP contribution in [-0.2, 0) is 4.79 Å². The summed E-state index contributed by atoms with van der Waals surface area (Å²) >= 11 is 0. The van der Waals surface area contributed by atoms with Gasteiger partial charge in [-0.05, 0) is 7.05 Å². The highest BCUT2D eigenvalue weighted by Gasteiger charge is 2.27. The third-order valence-corrected chi connectivity index (χ3v) is 3.78. The molecule has 7 nitrogen and oxygen atoms in total. The molecule has 0 aromatic heterocycles. The standard InChI is InChI=1S/C12H22N4O3/c1-13-2-6-15(7-3-13)12(19)16-8-4-14(5-9-16)10-11(17)18/h2-10H2,1H3,(H,17,18). The minimum absolute atomic E-state index is 0.0660. The zero-order chi connectivity index (χ0) is 13.8. The molecule has 0 saturated carbocycles. The third kappa shape index (κ3) is 3.81. The second kappa shape index (κ2) is 6.21. The predicted octanol–water partition coefficient (Wildman–Crippen LogP) is -0.944. The van der Waals surface area contributed by atoms with Crippen LogP contribution in [0.5, 0.6) is 0 Å². The first-order chi connectivity index (χ1) is 9.06. The summed E-state index contributed by atoms with van der Waals surface area (Å²) in [5.74, 6) is -0.807. The van der Waals surface area contributed by atoms with Crippen molar-refractivity contribution in [1.29, 1.82) is 0 Å². The number of piperazine rings is 2. The van der Waals surface area contributed by atoms with Crippen molar-refractivity contribution in [2.45, 2.75) is 0 Å². The lowest BCUT2D eigenvalue weighted by Crippen LogP contribution is -2.56. The Morgan fingerprint density at radius 2 is 1.37 bits per heavy atom. The van der Waals surface area contributed by atoms with Crippen LogP contribution < -0.4 is 0 Å². The maximum atomic E-state index is 12.3. The number of nitrogens with zero attached hydrogens (tertiary/aromatic N) is 4. The number of carbonyl (C=O) groups is 2. The van der Waals surface area contributed by atoms with Crippen LogP contribution in [0, 0.1) is 0 Å². The fraction of sp³-hybridized carbons (Fsp3) is 0.833. The molecule has 2 aliphatic rings. The van der Waals surface area contributed by atoms with Crippen molar-refractivity contribution in [3.63, 3.8) is 0 Å². The molecule has 2 amide bonds. The summed E-state index contributed by atoms with van der Waals surface area (Å²) in [5, 5.41) is 8.73. The maximum Gasteiger partial charge on any atom is 0.320 e.